The van der Waals surface area contributed by atoms with Crippen LogP contribution in [0.2, 0.25) is 0 Å². The molecule has 2 fully saturated rings. The van der Waals surface area contributed by atoms with E-state index in [1.54, 1.807) is 0 Å². The minimum Gasteiger partial charge on any atom is -0.460 e. The fraction of sp³-hybridized carbons (Fsp3) is 0.435. The maximum Gasteiger partial charge on any atom is 0.306 e. The third kappa shape index (κ3) is 2.79. The molecule has 142 valence electrons. The Hall–Kier alpha value is -2.17. The summed E-state index contributed by atoms with van der Waals surface area (Å²) in [7, 11) is 0. The summed E-state index contributed by atoms with van der Waals surface area (Å²) in [6, 6.07) is 20.1. The van der Waals surface area contributed by atoms with Crippen LogP contribution in [0.5, 0.6) is 0 Å². The van der Waals surface area contributed by atoms with Gasteiger partial charge in [-0.25, -0.2) is 0 Å². The Morgan fingerprint density at radius 2 is 1.70 bits per heavy atom. The molecule has 0 amide bonds. The molecular formula is C23H27NO3. The van der Waals surface area contributed by atoms with Gasteiger partial charge in [-0.05, 0) is 30.4 Å². The molecule has 2 aromatic rings. The van der Waals surface area contributed by atoms with Gasteiger partial charge in [-0.1, -0.05) is 74.0 Å². The molecule has 0 saturated carbocycles. The van der Waals surface area contributed by atoms with Gasteiger partial charge >= 0.3 is 5.97 Å². The molecule has 0 aliphatic carbocycles. The van der Waals surface area contributed by atoms with Gasteiger partial charge in [0.1, 0.15) is 11.6 Å². The Morgan fingerprint density at radius 1 is 1.07 bits per heavy atom. The first-order chi connectivity index (χ1) is 13.1. The predicted octanol–water partition coefficient (Wildman–Crippen LogP) is 4.77. The summed E-state index contributed by atoms with van der Waals surface area (Å²) < 4.78 is 5.98. The standard InChI is InChI=1S/C23H27NO3/c1-2-3-14-21(25)27-20-17-22(18-10-6-4-7-11-18)15-16-23(20,24(22)26)19-12-8-5-9-13-19/h4-13,20,26H,2-3,14-17H2,1H3. The Labute approximate surface area is 160 Å². The normalized spacial score (nSPS) is 29.8. The van der Waals surface area contributed by atoms with Crippen LogP contribution in [0.15, 0.2) is 60.7 Å². The van der Waals surface area contributed by atoms with Gasteiger partial charge in [-0.3, -0.25) is 4.79 Å². The Kier molecular flexibility index (Phi) is 4.79. The van der Waals surface area contributed by atoms with Crippen LogP contribution in [-0.2, 0) is 20.6 Å². The van der Waals surface area contributed by atoms with Crippen molar-refractivity contribution in [3.05, 3.63) is 71.8 Å². The van der Waals surface area contributed by atoms with E-state index in [-0.39, 0.29) is 12.1 Å². The quantitative estimate of drug-likeness (QED) is 0.749. The van der Waals surface area contributed by atoms with Gasteiger partial charge in [0, 0.05) is 12.8 Å². The van der Waals surface area contributed by atoms with Crippen LogP contribution < -0.4 is 0 Å². The molecule has 3 atom stereocenters. The highest BCUT2D eigenvalue weighted by Crippen LogP contribution is 2.62. The molecule has 0 spiro atoms. The van der Waals surface area contributed by atoms with Crippen molar-refractivity contribution in [3.8, 4) is 0 Å². The Bertz CT molecular complexity index is 794. The monoisotopic (exact) mass is 365 g/mol. The Balaban J connectivity index is 1.73. The highest BCUT2D eigenvalue weighted by molar-refractivity contribution is 5.70. The van der Waals surface area contributed by atoms with E-state index in [2.05, 4.69) is 19.1 Å². The summed E-state index contributed by atoms with van der Waals surface area (Å²) in [5.41, 5.74) is 0.903. The molecule has 4 heteroatoms. The van der Waals surface area contributed by atoms with Crippen molar-refractivity contribution in [3.63, 3.8) is 0 Å². The zero-order valence-electron chi connectivity index (χ0n) is 15.8. The van der Waals surface area contributed by atoms with Crippen molar-refractivity contribution < 1.29 is 14.7 Å². The lowest BCUT2D eigenvalue weighted by molar-refractivity contribution is -0.203. The molecule has 27 heavy (non-hydrogen) atoms. The summed E-state index contributed by atoms with van der Waals surface area (Å²) in [6.07, 6.45) is 4.07. The molecule has 0 radical (unpaired) electrons. The summed E-state index contributed by atoms with van der Waals surface area (Å²) >= 11 is 0. The fourth-order valence-electron chi connectivity index (χ4n) is 4.94. The number of nitrogens with zero attached hydrogens (tertiary/aromatic N) is 1. The molecule has 2 aromatic carbocycles. The number of hydrogen-bond acceptors (Lipinski definition) is 4. The smallest absolute Gasteiger partial charge is 0.306 e. The lowest BCUT2D eigenvalue weighted by Crippen LogP contribution is -2.46. The third-order valence-corrected chi connectivity index (χ3v) is 6.35. The van der Waals surface area contributed by atoms with Gasteiger partial charge in [-0.2, -0.15) is 5.06 Å². The van der Waals surface area contributed by atoms with Crippen LogP contribution in [0.1, 0.15) is 56.6 Å². The predicted molar refractivity (Wildman–Crippen MR) is 103 cm³/mol. The van der Waals surface area contributed by atoms with Crippen molar-refractivity contribution >= 4 is 5.97 Å². The zero-order valence-corrected chi connectivity index (χ0v) is 15.8. The van der Waals surface area contributed by atoms with Crippen molar-refractivity contribution in [2.45, 2.75) is 62.6 Å². The molecule has 2 aliphatic heterocycles. The number of benzene rings is 2. The number of rotatable bonds is 6. The van der Waals surface area contributed by atoms with E-state index in [4.69, 9.17) is 4.74 Å². The highest BCUT2D eigenvalue weighted by Gasteiger charge is 2.68. The molecule has 0 aromatic heterocycles. The number of fused-ring (bicyclic) bond motifs is 2. The second-order valence-corrected chi connectivity index (χ2v) is 7.79. The molecule has 2 heterocycles. The van der Waals surface area contributed by atoms with Crippen LogP contribution in [0.25, 0.3) is 0 Å². The Morgan fingerprint density at radius 3 is 2.33 bits per heavy atom. The van der Waals surface area contributed by atoms with E-state index < -0.39 is 11.1 Å². The summed E-state index contributed by atoms with van der Waals surface area (Å²) in [5.74, 6) is -0.165. The van der Waals surface area contributed by atoms with E-state index >= 15 is 0 Å². The van der Waals surface area contributed by atoms with Gasteiger partial charge in [0.15, 0.2) is 0 Å². The average molecular weight is 365 g/mol. The number of carbonyl (C=O) groups is 1. The minimum atomic E-state index is -0.682. The number of unbranched alkanes of at least 4 members (excludes halogenated alkanes) is 1. The molecule has 1 N–H and O–H groups in total. The second-order valence-electron chi connectivity index (χ2n) is 7.79. The van der Waals surface area contributed by atoms with Crippen LogP contribution in [-0.4, -0.2) is 22.3 Å². The van der Waals surface area contributed by atoms with Crippen molar-refractivity contribution in [1.82, 2.24) is 5.06 Å². The molecule has 2 aliphatic rings. The van der Waals surface area contributed by atoms with Crippen molar-refractivity contribution in [2.24, 2.45) is 0 Å². The van der Waals surface area contributed by atoms with E-state index in [0.29, 0.717) is 12.8 Å². The minimum absolute atomic E-state index is 0.165. The fourth-order valence-corrected chi connectivity index (χ4v) is 4.94. The highest BCUT2D eigenvalue weighted by atomic mass is 16.6. The lowest BCUT2D eigenvalue weighted by atomic mass is 9.74. The maximum absolute atomic E-state index is 12.4. The van der Waals surface area contributed by atoms with Crippen LogP contribution in [0.4, 0.5) is 0 Å². The van der Waals surface area contributed by atoms with Crippen molar-refractivity contribution in [1.29, 1.82) is 0 Å². The summed E-state index contributed by atoms with van der Waals surface area (Å²) in [6.45, 7) is 2.07. The molecule has 3 unspecified atom stereocenters. The number of ether oxygens (including phenoxy) is 1. The third-order valence-electron chi connectivity index (χ3n) is 6.35. The first-order valence-corrected chi connectivity index (χ1v) is 9.93. The summed E-state index contributed by atoms with van der Waals surface area (Å²) in [5, 5.41) is 12.9. The van der Waals surface area contributed by atoms with Gasteiger partial charge < -0.3 is 9.94 Å². The van der Waals surface area contributed by atoms with Gasteiger partial charge in [0.2, 0.25) is 0 Å². The van der Waals surface area contributed by atoms with E-state index in [1.165, 1.54) is 5.06 Å². The van der Waals surface area contributed by atoms with E-state index in [9.17, 15) is 10.0 Å². The molecular weight excluding hydrogens is 338 g/mol. The second kappa shape index (κ2) is 7.10. The van der Waals surface area contributed by atoms with Gasteiger partial charge in [-0.15, -0.1) is 0 Å². The molecule has 2 saturated heterocycles. The number of hydroxylamine groups is 2. The summed E-state index contributed by atoms with van der Waals surface area (Å²) in [4.78, 5) is 12.4. The first kappa shape index (κ1) is 18.2. The molecule has 2 bridgehead atoms. The lowest BCUT2D eigenvalue weighted by Gasteiger charge is -2.36. The maximum atomic E-state index is 12.4. The van der Waals surface area contributed by atoms with Gasteiger partial charge in [0.25, 0.3) is 0 Å². The van der Waals surface area contributed by atoms with Crippen LogP contribution in [0.3, 0.4) is 0 Å². The molecule has 4 nitrogen and oxygen atoms in total. The number of esters is 1. The largest absolute Gasteiger partial charge is 0.460 e. The molecule has 4 rings (SSSR count). The van der Waals surface area contributed by atoms with Gasteiger partial charge in [0.05, 0.1) is 5.54 Å². The van der Waals surface area contributed by atoms with Crippen LogP contribution >= 0.6 is 0 Å². The van der Waals surface area contributed by atoms with Crippen LogP contribution in [0, 0.1) is 0 Å². The zero-order chi connectivity index (χ0) is 18.9. The van der Waals surface area contributed by atoms with Crippen molar-refractivity contribution in [2.75, 3.05) is 0 Å². The number of hydrogen-bond donors (Lipinski definition) is 1. The first-order valence-electron chi connectivity index (χ1n) is 9.93. The van der Waals surface area contributed by atoms with E-state index in [0.717, 1.165) is 36.8 Å². The number of carbonyl (C=O) groups excluding carboxylic acids is 1. The van der Waals surface area contributed by atoms with E-state index in [1.807, 2.05) is 48.5 Å². The SMILES string of the molecule is CCCCC(=O)OC1CC2(c3ccccc3)CCC1(c1ccccc1)N2O. The topological polar surface area (TPSA) is 49.8 Å². The average Bonchev–Trinajstić information content (AvgIpc) is 3.14.